The highest BCUT2D eigenvalue weighted by atomic mass is 35.5. The van der Waals surface area contributed by atoms with Crippen LogP contribution in [0.2, 0.25) is 10.0 Å². The number of aromatic carboxylic acids is 1. The summed E-state index contributed by atoms with van der Waals surface area (Å²) in [6, 6.07) is -0.487. The van der Waals surface area contributed by atoms with E-state index in [1.54, 1.807) is 6.92 Å². The number of carbonyl (C=O) groups is 2. The molecule has 2 aromatic rings. The summed E-state index contributed by atoms with van der Waals surface area (Å²) in [7, 11) is 2.97. The van der Waals surface area contributed by atoms with Crippen LogP contribution in [0.1, 0.15) is 32.3 Å². The average Bonchev–Trinajstić information content (AvgIpc) is 3.30. The zero-order valence-corrected chi connectivity index (χ0v) is 18.2. The predicted octanol–water partition coefficient (Wildman–Crippen LogP) is 2.78. The molecule has 0 aliphatic carbocycles. The van der Waals surface area contributed by atoms with Gasteiger partial charge in [-0.1, -0.05) is 34.5 Å². The number of hydrogen-bond donors (Lipinski definition) is 3. The Hall–Kier alpha value is -1.85. The SMILES string of the molecule is COC1(OC)CN(c2ncc(C(=O)O)s2)CC[C@H]1NC(=O)c1[nH]c(C)c(Cl)c1Cl. The maximum Gasteiger partial charge on any atom is 0.347 e. The Labute approximate surface area is 180 Å². The predicted molar refractivity (Wildman–Crippen MR) is 109 cm³/mol. The molecular formula is C17H20Cl2N4O5S. The molecule has 0 bridgehead atoms. The zero-order valence-electron chi connectivity index (χ0n) is 15.9. The minimum absolute atomic E-state index is 0.143. The van der Waals surface area contributed by atoms with Crippen LogP contribution < -0.4 is 10.2 Å². The Morgan fingerprint density at radius 1 is 1.38 bits per heavy atom. The van der Waals surface area contributed by atoms with Crippen molar-refractivity contribution in [2.24, 2.45) is 0 Å². The van der Waals surface area contributed by atoms with E-state index in [-0.39, 0.29) is 22.1 Å². The van der Waals surface area contributed by atoms with Crippen molar-refractivity contribution in [1.29, 1.82) is 0 Å². The van der Waals surface area contributed by atoms with Gasteiger partial charge in [0.2, 0.25) is 5.79 Å². The Morgan fingerprint density at radius 2 is 2.07 bits per heavy atom. The van der Waals surface area contributed by atoms with Gasteiger partial charge in [0, 0.05) is 26.5 Å². The van der Waals surface area contributed by atoms with E-state index >= 15 is 0 Å². The number of piperidine rings is 1. The summed E-state index contributed by atoms with van der Waals surface area (Å²) in [6.45, 7) is 2.48. The number of carboxylic acids is 1. The third-order valence-corrected chi connectivity index (χ3v) is 6.88. The summed E-state index contributed by atoms with van der Waals surface area (Å²) in [4.78, 5) is 33.0. The zero-order chi connectivity index (χ0) is 21.3. The fourth-order valence-electron chi connectivity index (χ4n) is 3.27. The molecule has 158 valence electrons. The van der Waals surface area contributed by atoms with Crippen molar-refractivity contribution in [1.82, 2.24) is 15.3 Å². The number of nitrogens with one attached hydrogen (secondary N) is 2. The first kappa shape index (κ1) is 21.8. The molecule has 1 aliphatic rings. The van der Waals surface area contributed by atoms with E-state index in [9.17, 15) is 9.59 Å². The van der Waals surface area contributed by atoms with Gasteiger partial charge in [-0.3, -0.25) is 4.79 Å². The molecule has 1 saturated heterocycles. The molecule has 0 saturated carbocycles. The number of methoxy groups -OCH3 is 2. The maximum atomic E-state index is 12.8. The molecular weight excluding hydrogens is 443 g/mol. The average molecular weight is 463 g/mol. The lowest BCUT2D eigenvalue weighted by Crippen LogP contribution is -2.64. The molecule has 3 rings (SSSR count). The largest absolute Gasteiger partial charge is 0.477 e. The first-order valence-corrected chi connectivity index (χ1v) is 10.2. The highest BCUT2D eigenvalue weighted by Gasteiger charge is 2.46. The van der Waals surface area contributed by atoms with Crippen LogP contribution in [0, 0.1) is 6.92 Å². The molecule has 0 radical (unpaired) electrons. The van der Waals surface area contributed by atoms with Crippen LogP contribution in [0.5, 0.6) is 0 Å². The molecule has 29 heavy (non-hydrogen) atoms. The van der Waals surface area contributed by atoms with Gasteiger partial charge in [0.25, 0.3) is 5.91 Å². The van der Waals surface area contributed by atoms with Gasteiger partial charge in [0.15, 0.2) is 5.13 Å². The normalized spacial score (nSPS) is 18.7. The minimum Gasteiger partial charge on any atom is -0.477 e. The number of anilines is 1. The number of thiazole rings is 1. The van der Waals surface area contributed by atoms with E-state index in [0.717, 1.165) is 11.3 Å². The molecule has 9 nitrogen and oxygen atoms in total. The van der Waals surface area contributed by atoms with Gasteiger partial charge in [-0.15, -0.1) is 0 Å². The molecule has 0 unspecified atom stereocenters. The van der Waals surface area contributed by atoms with Gasteiger partial charge >= 0.3 is 5.97 Å². The number of nitrogens with zero attached hydrogens (tertiary/aromatic N) is 2. The van der Waals surface area contributed by atoms with Crippen LogP contribution in [-0.4, -0.2) is 66.1 Å². The molecule has 12 heteroatoms. The number of carboxylic acid groups (broad SMARTS) is 1. The van der Waals surface area contributed by atoms with Crippen molar-refractivity contribution in [2.75, 3.05) is 32.2 Å². The van der Waals surface area contributed by atoms with E-state index in [4.69, 9.17) is 37.8 Å². The summed E-state index contributed by atoms with van der Waals surface area (Å²) in [5, 5.41) is 13.0. The molecule has 0 spiro atoms. The van der Waals surface area contributed by atoms with E-state index in [2.05, 4.69) is 15.3 Å². The van der Waals surface area contributed by atoms with Crippen LogP contribution in [-0.2, 0) is 9.47 Å². The maximum absolute atomic E-state index is 12.8. The smallest absolute Gasteiger partial charge is 0.347 e. The van der Waals surface area contributed by atoms with Gasteiger partial charge in [-0.2, -0.15) is 0 Å². The number of amides is 1. The second-order valence-corrected chi connectivity index (χ2v) is 8.29. The van der Waals surface area contributed by atoms with Crippen molar-refractivity contribution >= 4 is 51.5 Å². The number of aryl methyl sites for hydroxylation is 1. The number of aromatic nitrogens is 2. The van der Waals surface area contributed by atoms with E-state index in [1.807, 2.05) is 4.90 Å². The van der Waals surface area contributed by atoms with Crippen molar-refractivity contribution in [2.45, 2.75) is 25.2 Å². The minimum atomic E-state index is -1.17. The van der Waals surface area contributed by atoms with Crippen molar-refractivity contribution in [3.63, 3.8) is 0 Å². The van der Waals surface area contributed by atoms with Crippen LogP contribution in [0.25, 0.3) is 0 Å². The van der Waals surface area contributed by atoms with Crippen LogP contribution >= 0.6 is 34.5 Å². The highest BCUT2D eigenvalue weighted by molar-refractivity contribution is 7.17. The molecule has 1 aliphatic heterocycles. The standard InChI is InChI=1S/C17H20Cl2N4O5S/c1-8-11(18)12(19)13(21-8)14(24)22-10-4-5-23(7-17(10,27-2)28-3)16-20-6-9(29-16)15(25)26/h6,10,21H,4-5,7H2,1-3H3,(H,22,24)(H,25,26)/t10-/m1/s1. The van der Waals surface area contributed by atoms with E-state index < -0.39 is 23.7 Å². The van der Waals surface area contributed by atoms with Gasteiger partial charge < -0.3 is 29.8 Å². The summed E-state index contributed by atoms with van der Waals surface area (Å²) >= 11 is 13.3. The van der Waals surface area contributed by atoms with Gasteiger partial charge in [0.1, 0.15) is 10.6 Å². The third-order valence-electron chi connectivity index (χ3n) is 4.88. The van der Waals surface area contributed by atoms with Crippen LogP contribution in [0.4, 0.5) is 5.13 Å². The summed E-state index contributed by atoms with van der Waals surface area (Å²) in [6.07, 6.45) is 1.79. The molecule has 3 N–H and O–H groups in total. The first-order chi connectivity index (χ1) is 13.7. The Morgan fingerprint density at radius 3 is 2.59 bits per heavy atom. The van der Waals surface area contributed by atoms with Crippen LogP contribution in [0.3, 0.4) is 0 Å². The lowest BCUT2D eigenvalue weighted by Gasteiger charge is -2.46. The number of halogens is 2. The number of ether oxygens (including phenoxy) is 2. The highest BCUT2D eigenvalue weighted by Crippen LogP contribution is 2.33. The second kappa shape index (κ2) is 8.49. The van der Waals surface area contributed by atoms with Gasteiger partial charge in [0.05, 0.1) is 28.8 Å². The number of aromatic amines is 1. The van der Waals surface area contributed by atoms with Crippen molar-refractivity contribution in [3.8, 4) is 0 Å². The summed E-state index contributed by atoms with van der Waals surface area (Å²) < 4.78 is 11.3. The molecule has 1 atom stereocenters. The number of rotatable bonds is 6. The van der Waals surface area contributed by atoms with Crippen LogP contribution in [0.15, 0.2) is 6.20 Å². The Balaban J connectivity index is 1.80. The van der Waals surface area contributed by atoms with Crippen molar-refractivity contribution < 1.29 is 24.2 Å². The van der Waals surface area contributed by atoms with E-state index in [0.29, 0.717) is 28.8 Å². The molecule has 3 heterocycles. The third kappa shape index (κ3) is 4.08. The van der Waals surface area contributed by atoms with Gasteiger partial charge in [-0.25, -0.2) is 9.78 Å². The molecule has 1 fully saturated rings. The lowest BCUT2D eigenvalue weighted by atomic mass is 9.97. The fraction of sp³-hybridized carbons (Fsp3) is 0.471. The Kier molecular flexibility index (Phi) is 6.39. The number of carbonyl (C=O) groups excluding carboxylic acids is 1. The van der Waals surface area contributed by atoms with E-state index in [1.165, 1.54) is 20.4 Å². The quantitative estimate of drug-likeness (QED) is 0.564. The second-order valence-electron chi connectivity index (χ2n) is 6.52. The van der Waals surface area contributed by atoms with Gasteiger partial charge in [-0.05, 0) is 13.3 Å². The first-order valence-electron chi connectivity index (χ1n) is 8.61. The monoisotopic (exact) mass is 462 g/mol. The molecule has 0 aromatic carbocycles. The van der Waals surface area contributed by atoms with Crippen molar-refractivity contribution in [3.05, 3.63) is 32.5 Å². The Bertz CT molecular complexity index is 927. The summed E-state index contributed by atoms with van der Waals surface area (Å²) in [5.74, 6) is -2.62. The summed E-state index contributed by atoms with van der Waals surface area (Å²) in [5.41, 5.74) is 0.767. The number of H-pyrrole nitrogens is 1. The lowest BCUT2D eigenvalue weighted by molar-refractivity contribution is -0.223. The number of hydrogen-bond acceptors (Lipinski definition) is 7. The molecule has 2 aromatic heterocycles. The topological polar surface area (TPSA) is 117 Å². The fourth-order valence-corrected chi connectivity index (χ4v) is 4.47. The molecule has 1 amide bonds.